The van der Waals surface area contributed by atoms with Gasteiger partial charge in [-0.25, -0.2) is 0 Å². The van der Waals surface area contributed by atoms with Crippen molar-refractivity contribution in [3.8, 4) is 0 Å². The predicted octanol–water partition coefficient (Wildman–Crippen LogP) is 2.21. The number of hydrogen-bond acceptors (Lipinski definition) is 5. The molecule has 2 heterocycles. The van der Waals surface area contributed by atoms with Crippen LogP contribution in [0.25, 0.3) is 0 Å². The number of rotatable bonds is 7. The summed E-state index contributed by atoms with van der Waals surface area (Å²) in [4.78, 5) is 41.6. The fraction of sp³-hybridized carbons (Fsp3) is 0.409. The molecule has 3 rings (SSSR count). The molecule has 8 heteroatoms. The predicted molar refractivity (Wildman–Crippen MR) is 119 cm³/mol. The fourth-order valence-corrected chi connectivity index (χ4v) is 4.11. The number of amides is 3. The van der Waals surface area contributed by atoms with Gasteiger partial charge in [-0.1, -0.05) is 31.2 Å². The summed E-state index contributed by atoms with van der Waals surface area (Å²) in [5, 5.41) is 7.58. The van der Waals surface area contributed by atoms with Gasteiger partial charge < -0.3 is 15.5 Å². The highest BCUT2D eigenvalue weighted by Gasteiger charge is 2.27. The van der Waals surface area contributed by atoms with E-state index >= 15 is 0 Å². The van der Waals surface area contributed by atoms with E-state index in [1.807, 2.05) is 40.6 Å². The molecular weight excluding hydrogens is 400 g/mol. The number of benzene rings is 1. The molecule has 2 aromatic rings. The average molecular weight is 429 g/mol. The van der Waals surface area contributed by atoms with Gasteiger partial charge in [-0.15, -0.1) is 11.3 Å². The van der Waals surface area contributed by atoms with E-state index in [9.17, 15) is 14.4 Å². The van der Waals surface area contributed by atoms with Gasteiger partial charge in [0.2, 0.25) is 11.8 Å². The van der Waals surface area contributed by atoms with E-state index in [2.05, 4.69) is 17.6 Å². The van der Waals surface area contributed by atoms with Gasteiger partial charge in [0, 0.05) is 31.9 Å². The molecule has 1 atom stereocenters. The molecule has 3 amide bonds. The van der Waals surface area contributed by atoms with E-state index in [0.717, 1.165) is 17.7 Å². The van der Waals surface area contributed by atoms with Crippen molar-refractivity contribution in [3.05, 3.63) is 52.2 Å². The molecule has 1 fully saturated rings. The SMILES string of the molecule is CCc1ccccc1NC(=O)CN1CCN(C(=O)C(C)NC(=O)c2cccs2)CC1. The number of nitrogens with zero attached hydrogens (tertiary/aromatic N) is 2. The summed E-state index contributed by atoms with van der Waals surface area (Å²) >= 11 is 1.35. The van der Waals surface area contributed by atoms with E-state index in [-0.39, 0.29) is 17.7 Å². The minimum atomic E-state index is -0.583. The van der Waals surface area contributed by atoms with E-state index < -0.39 is 6.04 Å². The highest BCUT2D eigenvalue weighted by molar-refractivity contribution is 7.12. The fourth-order valence-electron chi connectivity index (χ4n) is 3.48. The van der Waals surface area contributed by atoms with Gasteiger partial charge in [0.15, 0.2) is 0 Å². The number of para-hydroxylation sites is 1. The van der Waals surface area contributed by atoms with Gasteiger partial charge in [-0.3, -0.25) is 19.3 Å². The number of carbonyl (C=O) groups excluding carboxylic acids is 3. The van der Waals surface area contributed by atoms with Crippen LogP contribution in [0.1, 0.15) is 29.1 Å². The van der Waals surface area contributed by atoms with E-state index in [4.69, 9.17) is 0 Å². The van der Waals surface area contributed by atoms with Crippen molar-refractivity contribution in [2.45, 2.75) is 26.3 Å². The zero-order valence-electron chi connectivity index (χ0n) is 17.4. The first-order chi connectivity index (χ1) is 14.5. The lowest BCUT2D eigenvalue weighted by Crippen LogP contribution is -2.55. The van der Waals surface area contributed by atoms with Gasteiger partial charge in [-0.05, 0) is 36.4 Å². The second-order valence-corrected chi connectivity index (χ2v) is 8.28. The zero-order chi connectivity index (χ0) is 21.5. The van der Waals surface area contributed by atoms with Crippen LogP contribution in [0, 0.1) is 0 Å². The molecule has 7 nitrogen and oxygen atoms in total. The van der Waals surface area contributed by atoms with Crippen LogP contribution in [0.15, 0.2) is 41.8 Å². The van der Waals surface area contributed by atoms with Crippen LogP contribution >= 0.6 is 11.3 Å². The zero-order valence-corrected chi connectivity index (χ0v) is 18.2. The first-order valence-electron chi connectivity index (χ1n) is 10.2. The third kappa shape index (κ3) is 5.67. The van der Waals surface area contributed by atoms with Gasteiger partial charge in [0.05, 0.1) is 11.4 Å². The van der Waals surface area contributed by atoms with Crippen LogP contribution in [-0.2, 0) is 16.0 Å². The third-order valence-electron chi connectivity index (χ3n) is 5.19. The van der Waals surface area contributed by atoms with Crippen molar-refractivity contribution < 1.29 is 14.4 Å². The van der Waals surface area contributed by atoms with Crippen LogP contribution < -0.4 is 10.6 Å². The molecule has 160 valence electrons. The Morgan fingerprint density at radius 2 is 1.80 bits per heavy atom. The minimum absolute atomic E-state index is 0.0488. The molecule has 1 aromatic heterocycles. The lowest BCUT2D eigenvalue weighted by atomic mass is 10.1. The number of aryl methyl sites for hydroxylation is 1. The Hall–Kier alpha value is -2.71. The minimum Gasteiger partial charge on any atom is -0.340 e. The molecule has 0 radical (unpaired) electrons. The van der Waals surface area contributed by atoms with Crippen LogP contribution in [0.3, 0.4) is 0 Å². The van der Waals surface area contributed by atoms with E-state index in [0.29, 0.717) is 37.6 Å². The molecular formula is C22H28N4O3S. The Labute approximate surface area is 181 Å². The summed E-state index contributed by atoms with van der Waals surface area (Å²) in [6.07, 6.45) is 0.860. The number of piperazine rings is 1. The number of hydrogen-bond donors (Lipinski definition) is 2. The monoisotopic (exact) mass is 428 g/mol. The van der Waals surface area contributed by atoms with E-state index in [1.165, 1.54) is 11.3 Å². The molecule has 2 N–H and O–H groups in total. The normalized spacial score (nSPS) is 15.5. The number of nitrogens with one attached hydrogen (secondary N) is 2. The Balaban J connectivity index is 1.44. The number of anilines is 1. The summed E-state index contributed by atoms with van der Waals surface area (Å²) in [7, 11) is 0. The first kappa shape index (κ1) is 22.0. The molecule has 0 saturated carbocycles. The molecule has 30 heavy (non-hydrogen) atoms. The Bertz CT molecular complexity index is 876. The van der Waals surface area contributed by atoms with Crippen molar-refractivity contribution in [3.63, 3.8) is 0 Å². The van der Waals surface area contributed by atoms with Crippen molar-refractivity contribution in [2.75, 3.05) is 38.0 Å². The lowest BCUT2D eigenvalue weighted by Gasteiger charge is -2.35. The summed E-state index contributed by atoms with van der Waals surface area (Å²) in [5.74, 6) is -0.373. The third-order valence-corrected chi connectivity index (χ3v) is 6.06. The second-order valence-electron chi connectivity index (χ2n) is 7.33. The van der Waals surface area contributed by atoms with Crippen LogP contribution in [0.5, 0.6) is 0 Å². The standard InChI is InChI=1S/C22H28N4O3S/c1-3-17-7-4-5-8-18(17)24-20(27)15-25-10-12-26(13-11-25)22(29)16(2)23-21(28)19-9-6-14-30-19/h4-9,14,16H,3,10-13,15H2,1-2H3,(H,23,28)(H,24,27). The Morgan fingerprint density at radius 3 is 2.47 bits per heavy atom. The maximum absolute atomic E-state index is 12.7. The molecule has 1 aliphatic heterocycles. The Morgan fingerprint density at radius 1 is 1.07 bits per heavy atom. The van der Waals surface area contributed by atoms with Crippen molar-refractivity contribution >= 4 is 34.7 Å². The van der Waals surface area contributed by atoms with Gasteiger partial charge in [-0.2, -0.15) is 0 Å². The van der Waals surface area contributed by atoms with Crippen LogP contribution in [0.4, 0.5) is 5.69 Å². The van der Waals surface area contributed by atoms with Crippen molar-refractivity contribution in [1.82, 2.24) is 15.1 Å². The maximum atomic E-state index is 12.7. The summed E-state index contributed by atoms with van der Waals surface area (Å²) in [6.45, 7) is 6.39. The second kappa shape index (κ2) is 10.4. The van der Waals surface area contributed by atoms with Crippen LogP contribution in [-0.4, -0.2) is 66.3 Å². The quantitative estimate of drug-likeness (QED) is 0.709. The van der Waals surface area contributed by atoms with Gasteiger partial charge in [0.1, 0.15) is 6.04 Å². The number of carbonyl (C=O) groups is 3. The van der Waals surface area contributed by atoms with E-state index in [1.54, 1.807) is 17.9 Å². The molecule has 0 spiro atoms. The van der Waals surface area contributed by atoms with Gasteiger partial charge >= 0.3 is 0 Å². The van der Waals surface area contributed by atoms with Crippen molar-refractivity contribution in [1.29, 1.82) is 0 Å². The molecule has 1 saturated heterocycles. The highest BCUT2D eigenvalue weighted by atomic mass is 32.1. The highest BCUT2D eigenvalue weighted by Crippen LogP contribution is 2.15. The van der Waals surface area contributed by atoms with Crippen LogP contribution in [0.2, 0.25) is 0 Å². The molecule has 1 aromatic carbocycles. The maximum Gasteiger partial charge on any atom is 0.261 e. The van der Waals surface area contributed by atoms with Crippen molar-refractivity contribution in [2.24, 2.45) is 0 Å². The molecule has 0 aliphatic carbocycles. The topological polar surface area (TPSA) is 81.8 Å². The smallest absolute Gasteiger partial charge is 0.261 e. The molecule has 1 unspecified atom stereocenters. The lowest BCUT2D eigenvalue weighted by molar-refractivity contribution is -0.134. The summed E-state index contributed by atoms with van der Waals surface area (Å²) in [5.41, 5.74) is 1.97. The largest absolute Gasteiger partial charge is 0.340 e. The van der Waals surface area contributed by atoms with Gasteiger partial charge in [0.25, 0.3) is 5.91 Å². The Kier molecular flexibility index (Phi) is 7.59. The first-order valence-corrected chi connectivity index (χ1v) is 11.1. The summed E-state index contributed by atoms with van der Waals surface area (Å²) in [6, 6.07) is 10.8. The molecule has 0 bridgehead atoms. The molecule has 1 aliphatic rings. The average Bonchev–Trinajstić information content (AvgIpc) is 3.29. The number of thiophene rings is 1. The summed E-state index contributed by atoms with van der Waals surface area (Å²) < 4.78 is 0.